The Morgan fingerprint density at radius 2 is 1.76 bits per heavy atom. The lowest BCUT2D eigenvalue weighted by molar-refractivity contribution is 0.769. The average molecular weight is 338 g/mol. The molecule has 1 heterocycles. The largest absolute Gasteiger partial charge is 0.245 e. The molecule has 0 atom stereocenters. The molecule has 0 aliphatic carbocycles. The minimum Gasteiger partial charge on any atom is -0.245 e. The second-order valence-electron chi connectivity index (χ2n) is 6.35. The number of rotatable bonds is 9. The van der Waals surface area contributed by atoms with Crippen molar-refractivity contribution in [1.82, 2.24) is 9.97 Å². The SMILES string of the molecule is CCCCc1cc(CC)nc(NN=C(C)c2ccccc2CCC)n1. The molecule has 1 N–H and O–H groups in total. The summed E-state index contributed by atoms with van der Waals surface area (Å²) in [7, 11) is 0. The number of hydrazone groups is 1. The number of anilines is 1. The van der Waals surface area contributed by atoms with E-state index in [0.29, 0.717) is 5.95 Å². The quantitative estimate of drug-likeness (QED) is 0.507. The van der Waals surface area contributed by atoms with Gasteiger partial charge in [0.2, 0.25) is 5.95 Å². The Bertz CT molecular complexity index is 707. The van der Waals surface area contributed by atoms with Crippen molar-refractivity contribution in [1.29, 1.82) is 0 Å². The summed E-state index contributed by atoms with van der Waals surface area (Å²) in [6.07, 6.45) is 6.39. The molecule has 1 aromatic heterocycles. The number of benzene rings is 1. The summed E-state index contributed by atoms with van der Waals surface area (Å²) in [5.41, 5.74) is 8.71. The lowest BCUT2D eigenvalue weighted by Gasteiger charge is -2.09. The molecule has 2 aromatic rings. The van der Waals surface area contributed by atoms with Gasteiger partial charge in [-0.15, -0.1) is 0 Å². The molecule has 0 saturated carbocycles. The molecule has 0 aliphatic heterocycles. The van der Waals surface area contributed by atoms with Crippen molar-refractivity contribution in [2.24, 2.45) is 5.10 Å². The second kappa shape index (κ2) is 9.92. The van der Waals surface area contributed by atoms with Crippen LogP contribution in [0, 0.1) is 0 Å². The van der Waals surface area contributed by atoms with E-state index in [4.69, 9.17) is 0 Å². The number of hydrogen-bond acceptors (Lipinski definition) is 4. The van der Waals surface area contributed by atoms with Gasteiger partial charge in [0.15, 0.2) is 0 Å². The molecule has 0 spiro atoms. The average Bonchev–Trinajstić information content (AvgIpc) is 2.65. The smallest absolute Gasteiger partial charge is 0.243 e. The first kappa shape index (κ1) is 19.1. The van der Waals surface area contributed by atoms with Crippen LogP contribution in [0.3, 0.4) is 0 Å². The third-order valence-electron chi connectivity index (χ3n) is 4.23. The zero-order chi connectivity index (χ0) is 18.1. The summed E-state index contributed by atoms with van der Waals surface area (Å²) in [4.78, 5) is 9.17. The van der Waals surface area contributed by atoms with Crippen LogP contribution in [-0.2, 0) is 19.3 Å². The second-order valence-corrected chi connectivity index (χ2v) is 6.35. The standard InChI is InChI=1S/C21H30N4/c1-5-8-13-19-15-18(7-3)22-21(23-19)25-24-16(4)20-14-10-9-12-17(20)11-6-2/h9-10,12,14-15H,5-8,11,13H2,1-4H3,(H,22,23,25). The van der Waals surface area contributed by atoms with Crippen molar-refractivity contribution < 1.29 is 0 Å². The van der Waals surface area contributed by atoms with Crippen LogP contribution < -0.4 is 5.43 Å². The Morgan fingerprint density at radius 1 is 1.00 bits per heavy atom. The number of unbranched alkanes of at least 4 members (excludes halogenated alkanes) is 1. The number of hydrogen-bond donors (Lipinski definition) is 1. The Balaban J connectivity index is 2.20. The van der Waals surface area contributed by atoms with Gasteiger partial charge in [-0.2, -0.15) is 5.10 Å². The van der Waals surface area contributed by atoms with E-state index in [1.807, 2.05) is 6.92 Å². The molecule has 0 radical (unpaired) electrons. The first-order chi connectivity index (χ1) is 12.2. The molecule has 2 rings (SSSR count). The van der Waals surface area contributed by atoms with Gasteiger partial charge in [-0.1, -0.05) is 57.9 Å². The monoisotopic (exact) mass is 338 g/mol. The van der Waals surface area contributed by atoms with E-state index >= 15 is 0 Å². The van der Waals surface area contributed by atoms with E-state index in [1.54, 1.807) is 0 Å². The van der Waals surface area contributed by atoms with Crippen LogP contribution in [0.2, 0.25) is 0 Å². The molecule has 1 aromatic carbocycles. The zero-order valence-electron chi connectivity index (χ0n) is 16.0. The van der Waals surface area contributed by atoms with E-state index in [2.05, 4.69) is 71.6 Å². The van der Waals surface area contributed by atoms with E-state index in [9.17, 15) is 0 Å². The summed E-state index contributed by atoms with van der Waals surface area (Å²) in [6.45, 7) is 8.54. The molecular formula is C21H30N4. The van der Waals surface area contributed by atoms with Crippen LogP contribution in [0.15, 0.2) is 35.4 Å². The van der Waals surface area contributed by atoms with E-state index < -0.39 is 0 Å². The van der Waals surface area contributed by atoms with Crippen molar-refractivity contribution in [3.8, 4) is 0 Å². The Hall–Kier alpha value is -2.23. The maximum Gasteiger partial charge on any atom is 0.243 e. The molecule has 0 unspecified atom stereocenters. The van der Waals surface area contributed by atoms with Crippen LogP contribution in [0.1, 0.15) is 69.5 Å². The van der Waals surface area contributed by atoms with Gasteiger partial charge in [0.25, 0.3) is 0 Å². The van der Waals surface area contributed by atoms with Gasteiger partial charge in [0.1, 0.15) is 0 Å². The molecule has 0 aliphatic rings. The third kappa shape index (κ3) is 5.66. The van der Waals surface area contributed by atoms with Gasteiger partial charge in [-0.3, -0.25) is 0 Å². The first-order valence-corrected chi connectivity index (χ1v) is 9.43. The highest BCUT2D eigenvalue weighted by Crippen LogP contribution is 2.14. The first-order valence-electron chi connectivity index (χ1n) is 9.43. The lowest BCUT2D eigenvalue weighted by atomic mass is 10.0. The molecule has 0 saturated heterocycles. The summed E-state index contributed by atoms with van der Waals surface area (Å²) < 4.78 is 0. The summed E-state index contributed by atoms with van der Waals surface area (Å²) >= 11 is 0. The van der Waals surface area contributed by atoms with Gasteiger partial charge < -0.3 is 0 Å². The van der Waals surface area contributed by atoms with Gasteiger partial charge in [-0.25, -0.2) is 15.4 Å². The molecule has 0 amide bonds. The van der Waals surface area contributed by atoms with Gasteiger partial charge >= 0.3 is 0 Å². The molecule has 0 bridgehead atoms. The minimum absolute atomic E-state index is 0.595. The van der Waals surface area contributed by atoms with E-state index in [0.717, 1.165) is 49.2 Å². The van der Waals surface area contributed by atoms with E-state index in [-0.39, 0.29) is 0 Å². The molecule has 25 heavy (non-hydrogen) atoms. The van der Waals surface area contributed by atoms with Crippen LogP contribution >= 0.6 is 0 Å². The molecule has 4 nitrogen and oxygen atoms in total. The van der Waals surface area contributed by atoms with Crippen LogP contribution in [0.5, 0.6) is 0 Å². The highest BCUT2D eigenvalue weighted by molar-refractivity contribution is 6.00. The normalized spacial score (nSPS) is 11.6. The van der Waals surface area contributed by atoms with Crippen LogP contribution in [-0.4, -0.2) is 15.7 Å². The van der Waals surface area contributed by atoms with Crippen molar-refractivity contribution >= 4 is 11.7 Å². The van der Waals surface area contributed by atoms with Crippen molar-refractivity contribution in [3.63, 3.8) is 0 Å². The zero-order valence-corrected chi connectivity index (χ0v) is 16.0. The summed E-state index contributed by atoms with van der Waals surface area (Å²) in [6, 6.07) is 10.6. The lowest BCUT2D eigenvalue weighted by Crippen LogP contribution is -2.07. The van der Waals surface area contributed by atoms with Crippen LogP contribution in [0.4, 0.5) is 5.95 Å². The highest BCUT2D eigenvalue weighted by atomic mass is 15.4. The predicted octanol–water partition coefficient (Wildman–Crippen LogP) is 5.17. The summed E-state index contributed by atoms with van der Waals surface area (Å²) in [5.74, 6) is 0.595. The number of aryl methyl sites for hydroxylation is 3. The predicted molar refractivity (Wildman–Crippen MR) is 106 cm³/mol. The topological polar surface area (TPSA) is 50.2 Å². The Labute approximate surface area is 151 Å². The molecular weight excluding hydrogens is 308 g/mol. The van der Waals surface area contributed by atoms with Gasteiger partial charge in [0.05, 0.1) is 5.71 Å². The van der Waals surface area contributed by atoms with Crippen LogP contribution in [0.25, 0.3) is 0 Å². The van der Waals surface area contributed by atoms with Gasteiger partial charge in [-0.05, 0) is 44.2 Å². The Morgan fingerprint density at radius 3 is 2.48 bits per heavy atom. The fourth-order valence-corrected chi connectivity index (χ4v) is 2.83. The number of aromatic nitrogens is 2. The maximum atomic E-state index is 4.61. The Kier molecular flexibility index (Phi) is 7.58. The van der Waals surface area contributed by atoms with Crippen molar-refractivity contribution in [2.45, 2.75) is 66.2 Å². The summed E-state index contributed by atoms with van der Waals surface area (Å²) in [5, 5.41) is 4.55. The van der Waals surface area contributed by atoms with Gasteiger partial charge in [0, 0.05) is 17.0 Å². The minimum atomic E-state index is 0.595. The fraction of sp³-hybridized carbons (Fsp3) is 0.476. The number of nitrogens with zero attached hydrogens (tertiary/aromatic N) is 3. The number of nitrogens with one attached hydrogen (secondary N) is 1. The highest BCUT2D eigenvalue weighted by Gasteiger charge is 2.06. The molecule has 0 fully saturated rings. The molecule has 4 heteroatoms. The molecule has 134 valence electrons. The van der Waals surface area contributed by atoms with E-state index in [1.165, 1.54) is 17.5 Å². The maximum absolute atomic E-state index is 4.61. The third-order valence-corrected chi connectivity index (χ3v) is 4.23. The van der Waals surface area contributed by atoms with Crippen molar-refractivity contribution in [2.75, 3.05) is 5.43 Å². The fourth-order valence-electron chi connectivity index (χ4n) is 2.83. The van der Waals surface area contributed by atoms with Crippen molar-refractivity contribution in [3.05, 3.63) is 52.8 Å².